The van der Waals surface area contributed by atoms with Crippen molar-refractivity contribution in [1.82, 2.24) is 0 Å². The Morgan fingerprint density at radius 1 is 0.676 bits per heavy atom. The zero-order chi connectivity index (χ0) is 25.2. The van der Waals surface area contributed by atoms with Gasteiger partial charge in [-0.05, 0) is 45.5 Å². The minimum absolute atomic E-state index is 0. The van der Waals surface area contributed by atoms with Crippen molar-refractivity contribution in [3.63, 3.8) is 0 Å². The number of fused-ring (bicyclic) bond motifs is 2. The van der Waals surface area contributed by atoms with Crippen LogP contribution in [0.25, 0.3) is 32.7 Å². The van der Waals surface area contributed by atoms with E-state index in [1.807, 2.05) is 0 Å². The predicted molar refractivity (Wildman–Crippen MR) is 113 cm³/mol. The van der Waals surface area contributed by atoms with Gasteiger partial charge in [0.05, 0.1) is 4.90 Å². The molecule has 0 spiro atoms. The van der Waals surface area contributed by atoms with Gasteiger partial charge in [0.2, 0.25) is 0 Å². The Morgan fingerprint density at radius 2 is 1.22 bits per heavy atom. The summed E-state index contributed by atoms with van der Waals surface area (Å²) < 4.78 is 101. The normalized spacial score (nSPS) is 11.9. The van der Waals surface area contributed by atoms with Gasteiger partial charge in [0.1, 0.15) is 19.9 Å². The summed E-state index contributed by atoms with van der Waals surface area (Å²) in [5.41, 5.74) is -0.884. The SMILES string of the molecule is O=S(=O)([O-])c1cc([O-])c2c([O-])c(-c3ccc(S(=O)(=O)O)c4ccccc34)c(S(=O)(=O)O)cc2c1.[Na+].[Na+].[Na+]. The first-order valence-corrected chi connectivity index (χ1v) is 13.3. The zero-order valence-corrected chi connectivity index (χ0v) is 27.9. The first-order chi connectivity index (χ1) is 15.6. The molecule has 0 atom stereocenters. The topological polar surface area (TPSA) is 212 Å². The molecule has 0 saturated heterocycles. The number of hydrogen-bond donors (Lipinski definition) is 2. The van der Waals surface area contributed by atoms with Crippen molar-refractivity contribution in [2.45, 2.75) is 14.7 Å². The van der Waals surface area contributed by atoms with Crippen molar-refractivity contribution in [3.05, 3.63) is 54.6 Å². The van der Waals surface area contributed by atoms with Crippen molar-refractivity contribution in [1.29, 1.82) is 0 Å². The molecule has 0 bridgehead atoms. The van der Waals surface area contributed by atoms with Crippen molar-refractivity contribution >= 4 is 51.9 Å². The molecule has 0 aliphatic rings. The van der Waals surface area contributed by atoms with Crippen molar-refractivity contribution < 1.29 is 138 Å². The van der Waals surface area contributed by atoms with E-state index in [9.17, 15) is 49.1 Å². The molecule has 2 N–H and O–H groups in total. The van der Waals surface area contributed by atoms with Crippen molar-refractivity contribution in [3.8, 4) is 22.6 Å². The van der Waals surface area contributed by atoms with Gasteiger partial charge in [0, 0.05) is 5.39 Å². The molecular formula is C20H11Na3O11S3. The van der Waals surface area contributed by atoms with Crippen LogP contribution in [0.4, 0.5) is 0 Å². The van der Waals surface area contributed by atoms with Gasteiger partial charge in [0.25, 0.3) is 20.2 Å². The summed E-state index contributed by atoms with van der Waals surface area (Å²) in [5, 5.41) is 24.6. The van der Waals surface area contributed by atoms with Crippen LogP contribution in [0, 0.1) is 0 Å². The van der Waals surface area contributed by atoms with Crippen LogP contribution >= 0.6 is 0 Å². The summed E-state index contributed by atoms with van der Waals surface area (Å²) in [4.78, 5) is -2.54. The monoisotopic (exact) mass is 592 g/mol. The van der Waals surface area contributed by atoms with Gasteiger partial charge in [-0.3, -0.25) is 9.11 Å². The van der Waals surface area contributed by atoms with Crippen LogP contribution < -0.4 is 98.9 Å². The summed E-state index contributed by atoms with van der Waals surface area (Å²) in [6.07, 6.45) is 0. The van der Waals surface area contributed by atoms with Crippen LogP contribution in [-0.4, -0.2) is 38.9 Å². The van der Waals surface area contributed by atoms with Crippen molar-refractivity contribution in [2.24, 2.45) is 0 Å². The number of hydrogen-bond acceptors (Lipinski definition) is 9. The van der Waals surface area contributed by atoms with E-state index in [0.717, 1.165) is 12.1 Å². The zero-order valence-electron chi connectivity index (χ0n) is 19.5. The Labute approximate surface area is 278 Å². The molecule has 0 fully saturated rings. The molecule has 37 heavy (non-hydrogen) atoms. The second kappa shape index (κ2) is 12.1. The molecular weight excluding hydrogens is 581 g/mol. The Morgan fingerprint density at radius 3 is 1.73 bits per heavy atom. The third-order valence-corrected chi connectivity index (χ3v) is 7.69. The third kappa shape index (κ3) is 6.73. The summed E-state index contributed by atoms with van der Waals surface area (Å²) in [6.45, 7) is 0. The van der Waals surface area contributed by atoms with E-state index in [0.29, 0.717) is 18.2 Å². The van der Waals surface area contributed by atoms with E-state index < -0.39 is 72.9 Å². The van der Waals surface area contributed by atoms with Gasteiger partial charge < -0.3 is 14.8 Å². The molecule has 0 aliphatic carbocycles. The molecule has 0 amide bonds. The first-order valence-electron chi connectivity index (χ1n) is 9.02. The largest absolute Gasteiger partial charge is 1.00 e. The molecule has 0 aromatic heterocycles. The smallest absolute Gasteiger partial charge is 0.872 e. The van der Waals surface area contributed by atoms with Gasteiger partial charge in [-0.2, -0.15) is 16.8 Å². The molecule has 178 valence electrons. The molecule has 4 rings (SSSR count). The molecule has 0 heterocycles. The maximum absolute atomic E-state index is 13.3. The van der Waals surface area contributed by atoms with Crippen LogP contribution in [0.5, 0.6) is 11.5 Å². The summed E-state index contributed by atoms with van der Waals surface area (Å²) in [6, 6.07) is 9.11. The predicted octanol–water partition coefficient (Wildman–Crippen LogP) is -7.78. The number of benzene rings is 4. The Balaban J connectivity index is 0.00000228. The van der Waals surface area contributed by atoms with Crippen LogP contribution in [0.3, 0.4) is 0 Å². The second-order valence-corrected chi connectivity index (χ2v) is 11.3. The van der Waals surface area contributed by atoms with E-state index in [2.05, 4.69) is 0 Å². The summed E-state index contributed by atoms with van der Waals surface area (Å²) in [7, 11) is -15.0. The van der Waals surface area contributed by atoms with E-state index >= 15 is 0 Å². The molecule has 0 saturated carbocycles. The average Bonchev–Trinajstić information content (AvgIpc) is 2.70. The minimum atomic E-state index is -5.16. The van der Waals surface area contributed by atoms with Gasteiger partial charge in [0.15, 0.2) is 0 Å². The van der Waals surface area contributed by atoms with Crippen LogP contribution in [0.2, 0.25) is 0 Å². The molecule has 0 radical (unpaired) electrons. The summed E-state index contributed by atoms with van der Waals surface area (Å²) >= 11 is 0. The van der Waals surface area contributed by atoms with Crippen LogP contribution in [0.1, 0.15) is 0 Å². The Kier molecular flexibility index (Phi) is 11.3. The second-order valence-electron chi connectivity index (χ2n) is 7.16. The molecule has 0 aliphatic heterocycles. The quantitative estimate of drug-likeness (QED) is 0.168. The van der Waals surface area contributed by atoms with Crippen molar-refractivity contribution in [2.75, 3.05) is 0 Å². The standard InChI is InChI=1S/C20H14O11S3.3Na/c21-15-9-11(32(23,24)25)7-10-8-17(34(29,30)31)19(20(22)18(10)15)14-5-6-16(33(26,27)28)13-4-2-1-3-12(13)14;;;/h1-9,21-22H,(H,23,24,25)(H,26,27,28)(H,29,30,31);;;/q;3*+1/p-3. The van der Waals surface area contributed by atoms with E-state index in [1.165, 1.54) is 24.3 Å². The summed E-state index contributed by atoms with van der Waals surface area (Å²) in [5.74, 6) is -2.39. The van der Waals surface area contributed by atoms with E-state index in [4.69, 9.17) is 0 Å². The Hall–Kier alpha value is -0.270. The fourth-order valence-corrected chi connectivity index (χ4v) is 5.69. The minimum Gasteiger partial charge on any atom is -0.872 e. The maximum Gasteiger partial charge on any atom is 1.00 e. The fourth-order valence-electron chi connectivity index (χ4n) is 3.74. The van der Waals surface area contributed by atoms with E-state index in [-0.39, 0.29) is 105 Å². The average molecular weight is 592 g/mol. The first kappa shape index (κ1) is 34.8. The van der Waals surface area contributed by atoms with Crippen LogP contribution in [0.15, 0.2) is 69.3 Å². The fraction of sp³-hybridized carbons (Fsp3) is 0. The molecule has 4 aromatic carbocycles. The van der Waals surface area contributed by atoms with E-state index in [1.54, 1.807) is 0 Å². The van der Waals surface area contributed by atoms with Gasteiger partial charge >= 0.3 is 88.7 Å². The maximum atomic E-state index is 13.3. The molecule has 11 nitrogen and oxygen atoms in total. The van der Waals surface area contributed by atoms with Gasteiger partial charge in [-0.15, -0.1) is 5.75 Å². The van der Waals surface area contributed by atoms with Gasteiger partial charge in [-0.25, -0.2) is 8.42 Å². The number of rotatable bonds is 4. The molecule has 4 aromatic rings. The van der Waals surface area contributed by atoms with Crippen LogP contribution in [-0.2, 0) is 30.4 Å². The Bertz CT molecular complexity index is 1860. The molecule has 0 unspecified atom stereocenters. The third-order valence-electron chi connectivity index (χ3n) is 5.09. The molecule has 17 heteroatoms. The van der Waals surface area contributed by atoms with Gasteiger partial charge in [-0.1, -0.05) is 42.1 Å².